The van der Waals surface area contributed by atoms with Crippen LogP contribution in [-0.4, -0.2) is 23.2 Å². The van der Waals surface area contributed by atoms with Gasteiger partial charge in [0.15, 0.2) is 0 Å². The van der Waals surface area contributed by atoms with Crippen LogP contribution in [0.15, 0.2) is 0 Å². The molecule has 0 radical (unpaired) electrons. The van der Waals surface area contributed by atoms with E-state index in [2.05, 4.69) is 0 Å². The molecule has 1 saturated carbocycles. The minimum absolute atomic E-state index is 0.0240. The molecular formula is C7H14N2O2. The summed E-state index contributed by atoms with van der Waals surface area (Å²) in [5, 5.41) is 8.69. The summed E-state index contributed by atoms with van der Waals surface area (Å²) in [7, 11) is 0. The van der Waals surface area contributed by atoms with Crippen molar-refractivity contribution >= 4 is 5.97 Å². The fourth-order valence-corrected chi connectivity index (χ4v) is 1.51. The van der Waals surface area contributed by atoms with Crippen molar-refractivity contribution in [2.45, 2.75) is 31.3 Å². The first-order valence-corrected chi connectivity index (χ1v) is 3.85. The predicted molar refractivity (Wildman–Crippen MR) is 40.9 cm³/mol. The van der Waals surface area contributed by atoms with Gasteiger partial charge in [0.2, 0.25) is 0 Å². The van der Waals surface area contributed by atoms with Gasteiger partial charge in [0.1, 0.15) is 0 Å². The summed E-state index contributed by atoms with van der Waals surface area (Å²) >= 11 is 0. The van der Waals surface area contributed by atoms with Gasteiger partial charge < -0.3 is 16.6 Å². The maximum Gasteiger partial charge on any atom is 0.308 e. The first kappa shape index (κ1) is 8.49. The smallest absolute Gasteiger partial charge is 0.308 e. The lowest BCUT2D eigenvalue weighted by Gasteiger charge is -2.29. The van der Waals surface area contributed by atoms with E-state index >= 15 is 0 Å². The van der Waals surface area contributed by atoms with Crippen LogP contribution in [0.4, 0.5) is 0 Å². The molecule has 0 amide bonds. The molecule has 1 aliphatic rings. The van der Waals surface area contributed by atoms with Gasteiger partial charge in [-0.1, -0.05) is 0 Å². The van der Waals surface area contributed by atoms with E-state index in [0.29, 0.717) is 6.42 Å². The minimum Gasteiger partial charge on any atom is -0.481 e. The van der Waals surface area contributed by atoms with Gasteiger partial charge in [-0.25, -0.2) is 0 Å². The van der Waals surface area contributed by atoms with Gasteiger partial charge in [-0.3, -0.25) is 4.79 Å². The fraction of sp³-hybridized carbons (Fsp3) is 0.857. The van der Waals surface area contributed by atoms with Gasteiger partial charge >= 0.3 is 5.97 Å². The van der Waals surface area contributed by atoms with Gasteiger partial charge in [0, 0.05) is 12.1 Å². The van der Waals surface area contributed by atoms with Crippen molar-refractivity contribution in [2.24, 2.45) is 17.4 Å². The molecule has 1 rings (SSSR count). The van der Waals surface area contributed by atoms with Crippen molar-refractivity contribution < 1.29 is 9.90 Å². The lowest BCUT2D eigenvalue weighted by Crippen LogP contribution is -2.44. The average Bonchev–Trinajstić information content (AvgIpc) is 1.94. The topological polar surface area (TPSA) is 89.3 Å². The van der Waals surface area contributed by atoms with Crippen LogP contribution < -0.4 is 11.5 Å². The minimum atomic E-state index is -0.812. The highest BCUT2D eigenvalue weighted by Gasteiger charge is 2.31. The molecule has 0 aromatic carbocycles. The molecule has 11 heavy (non-hydrogen) atoms. The van der Waals surface area contributed by atoms with Crippen molar-refractivity contribution in [3.05, 3.63) is 0 Å². The van der Waals surface area contributed by atoms with Crippen molar-refractivity contribution in [2.75, 3.05) is 0 Å². The number of aliphatic carboxylic acids is 1. The molecule has 4 nitrogen and oxygen atoms in total. The molecule has 4 heteroatoms. The molecule has 0 saturated heterocycles. The Morgan fingerprint density at radius 1 is 1.36 bits per heavy atom. The summed E-state index contributed by atoms with van der Waals surface area (Å²) in [4.78, 5) is 10.6. The normalized spacial score (nSPS) is 38.5. The second-order valence-electron chi connectivity index (χ2n) is 3.18. The number of carbonyl (C=O) groups is 1. The van der Waals surface area contributed by atoms with E-state index in [1.807, 2.05) is 0 Å². The third-order valence-electron chi connectivity index (χ3n) is 2.26. The van der Waals surface area contributed by atoms with Crippen LogP contribution in [0.2, 0.25) is 0 Å². The van der Waals surface area contributed by atoms with E-state index in [4.69, 9.17) is 16.6 Å². The maximum absolute atomic E-state index is 10.6. The van der Waals surface area contributed by atoms with Gasteiger partial charge in [-0.15, -0.1) is 0 Å². The molecule has 0 aliphatic heterocycles. The standard InChI is InChI=1S/C7H14N2O2/c8-4-1-2-6(9)5(3-4)7(10)11/h4-6H,1-3,8-9H2,(H,10,11). The largest absolute Gasteiger partial charge is 0.481 e. The van der Waals surface area contributed by atoms with E-state index in [1.165, 1.54) is 0 Å². The Hall–Kier alpha value is -0.610. The van der Waals surface area contributed by atoms with Crippen LogP contribution in [-0.2, 0) is 4.79 Å². The first-order chi connectivity index (χ1) is 5.11. The fourth-order valence-electron chi connectivity index (χ4n) is 1.51. The first-order valence-electron chi connectivity index (χ1n) is 3.85. The Morgan fingerprint density at radius 2 is 2.00 bits per heavy atom. The summed E-state index contributed by atoms with van der Waals surface area (Å²) in [5.41, 5.74) is 11.2. The SMILES string of the molecule is NC1CCC(N)C(C(=O)O)C1. The molecular weight excluding hydrogens is 144 g/mol. The summed E-state index contributed by atoms with van der Waals surface area (Å²) in [6, 6.07) is -0.178. The van der Waals surface area contributed by atoms with Crippen LogP contribution in [0.5, 0.6) is 0 Å². The second-order valence-corrected chi connectivity index (χ2v) is 3.18. The molecule has 1 fully saturated rings. The molecule has 0 heterocycles. The van der Waals surface area contributed by atoms with Crippen molar-refractivity contribution in [3.63, 3.8) is 0 Å². The quantitative estimate of drug-likeness (QED) is 0.481. The van der Waals surface area contributed by atoms with Crippen LogP contribution in [0.1, 0.15) is 19.3 Å². The van der Waals surface area contributed by atoms with Gasteiger partial charge in [-0.2, -0.15) is 0 Å². The zero-order valence-corrected chi connectivity index (χ0v) is 6.36. The van der Waals surface area contributed by atoms with Crippen LogP contribution >= 0.6 is 0 Å². The van der Waals surface area contributed by atoms with Crippen LogP contribution in [0.25, 0.3) is 0 Å². The van der Waals surface area contributed by atoms with Gasteiger partial charge in [-0.05, 0) is 19.3 Å². The number of hydrogen-bond acceptors (Lipinski definition) is 3. The number of carboxylic acids is 1. The zero-order valence-electron chi connectivity index (χ0n) is 6.36. The van der Waals surface area contributed by atoms with Crippen molar-refractivity contribution in [3.8, 4) is 0 Å². The zero-order chi connectivity index (χ0) is 8.43. The Morgan fingerprint density at radius 3 is 2.45 bits per heavy atom. The highest BCUT2D eigenvalue weighted by molar-refractivity contribution is 5.71. The molecule has 0 aromatic rings. The van der Waals surface area contributed by atoms with E-state index in [9.17, 15) is 4.79 Å². The molecule has 3 unspecified atom stereocenters. The second kappa shape index (κ2) is 3.19. The summed E-state index contributed by atoms with van der Waals surface area (Å²) in [5.74, 6) is -1.24. The van der Waals surface area contributed by atoms with Crippen LogP contribution in [0, 0.1) is 5.92 Å². The van der Waals surface area contributed by atoms with Gasteiger partial charge in [0.05, 0.1) is 5.92 Å². The maximum atomic E-state index is 10.6. The molecule has 3 atom stereocenters. The third kappa shape index (κ3) is 1.91. The van der Waals surface area contributed by atoms with E-state index in [0.717, 1.165) is 12.8 Å². The summed E-state index contributed by atoms with van der Waals surface area (Å²) in [6.07, 6.45) is 2.11. The lowest BCUT2D eigenvalue weighted by atomic mass is 9.82. The number of nitrogens with two attached hydrogens (primary N) is 2. The monoisotopic (exact) mass is 158 g/mol. The van der Waals surface area contributed by atoms with E-state index in [-0.39, 0.29) is 12.1 Å². The van der Waals surface area contributed by atoms with Crippen LogP contribution in [0.3, 0.4) is 0 Å². The molecule has 0 bridgehead atoms. The third-order valence-corrected chi connectivity index (χ3v) is 2.26. The number of rotatable bonds is 1. The predicted octanol–water partition coefficient (Wildman–Crippen LogP) is -0.474. The summed E-state index contributed by atoms with van der Waals surface area (Å²) < 4.78 is 0. The highest BCUT2D eigenvalue weighted by atomic mass is 16.4. The Bertz CT molecular complexity index is 161. The molecule has 0 spiro atoms. The molecule has 0 aromatic heterocycles. The van der Waals surface area contributed by atoms with E-state index in [1.54, 1.807) is 0 Å². The Balaban J connectivity index is 2.54. The van der Waals surface area contributed by atoms with E-state index < -0.39 is 11.9 Å². The molecule has 1 aliphatic carbocycles. The Labute approximate surface area is 65.6 Å². The molecule has 64 valence electrons. The number of hydrogen-bond donors (Lipinski definition) is 3. The average molecular weight is 158 g/mol. The summed E-state index contributed by atoms with van der Waals surface area (Å²) in [6.45, 7) is 0. The lowest BCUT2D eigenvalue weighted by molar-refractivity contribution is -0.143. The number of carboxylic acid groups (broad SMARTS) is 1. The van der Waals surface area contributed by atoms with Crippen molar-refractivity contribution in [1.29, 1.82) is 0 Å². The van der Waals surface area contributed by atoms with Gasteiger partial charge in [0.25, 0.3) is 0 Å². The van der Waals surface area contributed by atoms with Crippen molar-refractivity contribution in [1.82, 2.24) is 0 Å². The highest BCUT2D eigenvalue weighted by Crippen LogP contribution is 2.22. The molecule has 5 N–H and O–H groups in total. The Kier molecular flexibility index (Phi) is 2.46.